The van der Waals surface area contributed by atoms with Gasteiger partial charge in [0.1, 0.15) is 6.54 Å². The van der Waals surface area contributed by atoms with Crippen LogP contribution in [0, 0.1) is 11.3 Å². The van der Waals surface area contributed by atoms with E-state index >= 15 is 0 Å². The molecule has 8 nitrogen and oxygen atoms in total. The number of hydrogen-bond acceptors (Lipinski definition) is 7. The molecule has 0 unspecified atom stereocenters. The third-order valence-corrected chi connectivity index (χ3v) is 4.21. The van der Waals surface area contributed by atoms with Crippen molar-refractivity contribution in [3.8, 4) is 6.07 Å². The first-order valence-corrected chi connectivity index (χ1v) is 8.38. The molecular weight excluding hydrogens is 344 g/mol. The minimum Gasteiger partial charge on any atom is -0.468 e. The number of nitriles is 1. The molecule has 25 heavy (non-hydrogen) atoms. The molecule has 0 aliphatic carbocycles. The molecular formula is C16H16N4O4S. The number of amides is 1. The van der Waals surface area contributed by atoms with Gasteiger partial charge in [0.05, 0.1) is 36.3 Å². The molecule has 130 valence electrons. The maximum absolute atomic E-state index is 12.6. The summed E-state index contributed by atoms with van der Waals surface area (Å²) >= 11 is 1.04. The van der Waals surface area contributed by atoms with Crippen LogP contribution in [-0.4, -0.2) is 40.8 Å². The van der Waals surface area contributed by atoms with Crippen molar-refractivity contribution in [3.05, 3.63) is 34.6 Å². The number of aromatic nitrogens is 2. The fourth-order valence-electron chi connectivity index (χ4n) is 2.03. The average molecular weight is 360 g/mol. The van der Waals surface area contributed by atoms with Gasteiger partial charge >= 0.3 is 5.97 Å². The quantitative estimate of drug-likeness (QED) is 0.334. The van der Waals surface area contributed by atoms with Crippen molar-refractivity contribution in [3.63, 3.8) is 0 Å². The van der Waals surface area contributed by atoms with Crippen molar-refractivity contribution < 1.29 is 14.3 Å². The minimum absolute atomic E-state index is 0.0113. The van der Waals surface area contributed by atoms with E-state index in [0.717, 1.165) is 11.8 Å². The first-order valence-electron chi connectivity index (χ1n) is 7.39. The van der Waals surface area contributed by atoms with Crippen LogP contribution < -0.4 is 10.9 Å². The second-order valence-corrected chi connectivity index (χ2v) is 5.87. The van der Waals surface area contributed by atoms with Gasteiger partial charge in [-0.3, -0.25) is 19.0 Å². The number of para-hydroxylation sites is 1. The summed E-state index contributed by atoms with van der Waals surface area (Å²) in [5, 5.41) is 11.7. The van der Waals surface area contributed by atoms with Crippen LogP contribution in [0.15, 0.2) is 34.2 Å². The van der Waals surface area contributed by atoms with Crippen LogP contribution in [0.2, 0.25) is 0 Å². The van der Waals surface area contributed by atoms with Crippen molar-refractivity contribution in [2.75, 3.05) is 19.4 Å². The maximum Gasteiger partial charge on any atom is 0.325 e. The van der Waals surface area contributed by atoms with E-state index in [1.807, 2.05) is 6.07 Å². The highest BCUT2D eigenvalue weighted by atomic mass is 32.2. The van der Waals surface area contributed by atoms with Gasteiger partial charge in [-0.1, -0.05) is 23.9 Å². The molecule has 0 aliphatic rings. The average Bonchev–Trinajstić information content (AvgIpc) is 2.62. The monoisotopic (exact) mass is 360 g/mol. The van der Waals surface area contributed by atoms with Crippen LogP contribution in [0.1, 0.15) is 6.42 Å². The number of benzene rings is 1. The Bertz CT molecular complexity index is 888. The van der Waals surface area contributed by atoms with Crippen molar-refractivity contribution in [2.24, 2.45) is 0 Å². The molecule has 0 saturated heterocycles. The molecule has 2 aromatic rings. The molecule has 1 amide bonds. The molecule has 0 saturated carbocycles. The molecule has 0 fully saturated rings. The minimum atomic E-state index is -0.584. The second kappa shape index (κ2) is 8.84. The summed E-state index contributed by atoms with van der Waals surface area (Å²) in [6, 6.07) is 8.71. The van der Waals surface area contributed by atoms with E-state index in [4.69, 9.17) is 5.26 Å². The van der Waals surface area contributed by atoms with Crippen LogP contribution in [0.3, 0.4) is 0 Å². The van der Waals surface area contributed by atoms with E-state index in [9.17, 15) is 14.4 Å². The molecule has 1 aromatic carbocycles. The summed E-state index contributed by atoms with van der Waals surface area (Å²) in [4.78, 5) is 40.4. The van der Waals surface area contributed by atoms with Crippen LogP contribution in [0.25, 0.3) is 10.9 Å². The number of hydrogen-bond donors (Lipinski definition) is 1. The van der Waals surface area contributed by atoms with Gasteiger partial charge in [0.2, 0.25) is 5.91 Å². The molecule has 1 N–H and O–H groups in total. The first-order chi connectivity index (χ1) is 12.1. The van der Waals surface area contributed by atoms with E-state index < -0.39 is 5.97 Å². The topological polar surface area (TPSA) is 114 Å². The van der Waals surface area contributed by atoms with E-state index in [0.29, 0.717) is 10.9 Å². The van der Waals surface area contributed by atoms with Crippen LogP contribution in [0.4, 0.5) is 0 Å². The highest BCUT2D eigenvalue weighted by Gasteiger charge is 2.15. The Morgan fingerprint density at radius 1 is 1.40 bits per heavy atom. The second-order valence-electron chi connectivity index (χ2n) is 4.93. The Hall–Kier alpha value is -2.86. The van der Waals surface area contributed by atoms with Crippen LogP contribution >= 0.6 is 11.8 Å². The fraction of sp³-hybridized carbons (Fsp3) is 0.312. The molecule has 0 radical (unpaired) electrons. The number of carbonyl (C=O) groups excluding carboxylic acids is 2. The molecule has 0 atom stereocenters. The van der Waals surface area contributed by atoms with Crippen molar-refractivity contribution in [2.45, 2.75) is 18.1 Å². The number of carbonyl (C=O) groups is 2. The third kappa shape index (κ3) is 4.81. The predicted molar refractivity (Wildman–Crippen MR) is 92.0 cm³/mol. The lowest BCUT2D eigenvalue weighted by Gasteiger charge is -2.12. The number of nitrogens with one attached hydrogen (secondary N) is 1. The molecule has 0 bridgehead atoms. The lowest BCUT2D eigenvalue weighted by molar-refractivity contribution is -0.141. The SMILES string of the molecule is COC(=O)Cn1c(SCC(=O)NCCC#N)nc2ccccc2c1=O. The Morgan fingerprint density at radius 3 is 2.88 bits per heavy atom. The zero-order valence-electron chi connectivity index (χ0n) is 13.5. The predicted octanol–water partition coefficient (Wildman–Crippen LogP) is 0.691. The van der Waals surface area contributed by atoms with Gasteiger partial charge in [0, 0.05) is 6.54 Å². The van der Waals surface area contributed by atoms with Crippen molar-refractivity contribution >= 4 is 34.5 Å². The van der Waals surface area contributed by atoms with Crippen molar-refractivity contribution in [1.82, 2.24) is 14.9 Å². The van der Waals surface area contributed by atoms with Crippen LogP contribution in [-0.2, 0) is 20.9 Å². The Kier molecular flexibility index (Phi) is 6.54. The fourth-order valence-corrected chi connectivity index (χ4v) is 2.86. The summed E-state index contributed by atoms with van der Waals surface area (Å²) < 4.78 is 5.82. The first kappa shape index (κ1) is 18.5. The number of nitrogens with zero attached hydrogens (tertiary/aromatic N) is 3. The van der Waals surface area contributed by atoms with Gasteiger partial charge in [0.15, 0.2) is 5.16 Å². The molecule has 9 heteroatoms. The summed E-state index contributed by atoms with van der Waals surface area (Å²) in [6.45, 7) is -0.0262. The summed E-state index contributed by atoms with van der Waals surface area (Å²) in [6.07, 6.45) is 0.220. The molecule has 0 aliphatic heterocycles. The van der Waals surface area contributed by atoms with Crippen LogP contribution in [0.5, 0.6) is 0 Å². The Balaban J connectivity index is 2.28. The van der Waals surface area contributed by atoms with Gasteiger partial charge in [-0.15, -0.1) is 0 Å². The maximum atomic E-state index is 12.6. The number of esters is 1. The number of fused-ring (bicyclic) bond motifs is 1. The van der Waals surface area contributed by atoms with E-state index in [1.165, 1.54) is 11.7 Å². The lowest BCUT2D eigenvalue weighted by atomic mass is 10.2. The van der Waals surface area contributed by atoms with Crippen molar-refractivity contribution in [1.29, 1.82) is 5.26 Å². The number of rotatable bonds is 7. The van der Waals surface area contributed by atoms with E-state index in [-0.39, 0.29) is 41.9 Å². The number of methoxy groups -OCH3 is 1. The normalized spacial score (nSPS) is 10.2. The smallest absolute Gasteiger partial charge is 0.325 e. The van der Waals surface area contributed by atoms with E-state index in [1.54, 1.807) is 24.3 Å². The largest absolute Gasteiger partial charge is 0.468 e. The zero-order chi connectivity index (χ0) is 18.2. The lowest BCUT2D eigenvalue weighted by Crippen LogP contribution is -2.29. The summed E-state index contributed by atoms with van der Waals surface area (Å²) in [5.41, 5.74) is 0.115. The van der Waals surface area contributed by atoms with Gasteiger partial charge in [-0.2, -0.15) is 5.26 Å². The number of ether oxygens (including phenoxy) is 1. The van der Waals surface area contributed by atoms with Gasteiger partial charge < -0.3 is 10.1 Å². The standard InChI is InChI=1S/C16H16N4O4S/c1-24-14(22)9-20-15(23)11-5-2-3-6-12(11)19-16(20)25-10-13(21)18-8-4-7-17/h2-3,5-6H,4,8-10H2,1H3,(H,18,21). The summed E-state index contributed by atoms with van der Waals surface area (Å²) in [7, 11) is 1.23. The van der Waals surface area contributed by atoms with Gasteiger partial charge in [-0.05, 0) is 12.1 Å². The van der Waals surface area contributed by atoms with Gasteiger partial charge in [0.25, 0.3) is 5.56 Å². The third-order valence-electron chi connectivity index (χ3n) is 3.23. The zero-order valence-corrected chi connectivity index (χ0v) is 14.3. The highest BCUT2D eigenvalue weighted by Crippen LogP contribution is 2.17. The molecule has 0 spiro atoms. The van der Waals surface area contributed by atoms with E-state index in [2.05, 4.69) is 15.0 Å². The van der Waals surface area contributed by atoms with Gasteiger partial charge in [-0.25, -0.2) is 4.98 Å². The molecule has 2 rings (SSSR count). The molecule has 1 aromatic heterocycles. The highest BCUT2D eigenvalue weighted by molar-refractivity contribution is 7.99. The summed E-state index contributed by atoms with van der Waals surface area (Å²) in [5.74, 6) is -0.857. The Labute approximate surface area is 147 Å². The number of thioether (sulfide) groups is 1. The Morgan fingerprint density at radius 2 is 2.16 bits per heavy atom. The molecule has 1 heterocycles.